The van der Waals surface area contributed by atoms with Gasteiger partial charge < -0.3 is 10.5 Å². The summed E-state index contributed by atoms with van der Waals surface area (Å²) in [6.07, 6.45) is 6.83. The Morgan fingerprint density at radius 3 is 2.88 bits per heavy atom. The second-order valence-corrected chi connectivity index (χ2v) is 6.14. The highest BCUT2D eigenvalue weighted by Crippen LogP contribution is 2.33. The van der Waals surface area contributed by atoms with Crippen LogP contribution in [0.4, 0.5) is 5.82 Å². The van der Waals surface area contributed by atoms with E-state index in [0.29, 0.717) is 24.2 Å². The highest BCUT2D eigenvalue weighted by molar-refractivity contribution is 5.88. The van der Waals surface area contributed by atoms with Gasteiger partial charge in [0.25, 0.3) is 0 Å². The number of hydrogen-bond acceptors (Lipinski definition) is 6. The molecule has 0 amide bonds. The van der Waals surface area contributed by atoms with Gasteiger partial charge in [0.2, 0.25) is 5.88 Å². The number of nitrogen functional groups attached to an aromatic ring is 1. The highest BCUT2D eigenvalue weighted by atomic mass is 16.5. The molecular weight excluding hydrogens is 304 g/mol. The number of aromatic nitrogens is 5. The first-order valence-corrected chi connectivity index (χ1v) is 8.23. The van der Waals surface area contributed by atoms with Crippen LogP contribution in [0.5, 0.6) is 5.88 Å². The van der Waals surface area contributed by atoms with Crippen molar-refractivity contribution >= 4 is 16.9 Å². The van der Waals surface area contributed by atoms with E-state index in [1.54, 1.807) is 7.11 Å². The van der Waals surface area contributed by atoms with Crippen molar-refractivity contribution in [1.29, 1.82) is 0 Å². The molecule has 3 aromatic heterocycles. The summed E-state index contributed by atoms with van der Waals surface area (Å²) in [6.45, 7) is 0. The number of rotatable bonds is 4. The van der Waals surface area contributed by atoms with Crippen molar-refractivity contribution in [2.24, 2.45) is 0 Å². The van der Waals surface area contributed by atoms with E-state index in [2.05, 4.69) is 15.0 Å². The summed E-state index contributed by atoms with van der Waals surface area (Å²) < 4.78 is 7.24. The van der Waals surface area contributed by atoms with E-state index in [0.717, 1.165) is 35.3 Å². The summed E-state index contributed by atoms with van der Waals surface area (Å²) in [7, 11) is 1.61. The van der Waals surface area contributed by atoms with Crippen molar-refractivity contribution in [3.05, 3.63) is 35.9 Å². The van der Waals surface area contributed by atoms with Crippen LogP contribution in [-0.4, -0.2) is 31.8 Å². The molecule has 2 N–H and O–H groups in total. The summed E-state index contributed by atoms with van der Waals surface area (Å²) in [5, 5.41) is 5.68. The molecule has 3 aromatic rings. The van der Waals surface area contributed by atoms with E-state index in [9.17, 15) is 0 Å². The van der Waals surface area contributed by atoms with Crippen LogP contribution >= 0.6 is 0 Å². The van der Waals surface area contributed by atoms with Crippen LogP contribution in [0.3, 0.4) is 0 Å². The lowest BCUT2D eigenvalue weighted by Crippen LogP contribution is -2.08. The number of anilines is 1. The van der Waals surface area contributed by atoms with E-state index in [4.69, 9.17) is 15.6 Å². The fourth-order valence-electron chi connectivity index (χ4n) is 3.44. The third-order valence-electron chi connectivity index (χ3n) is 4.60. The molecule has 1 fully saturated rings. The SMILES string of the molecule is COc1cccc(Cc2nn(C3CCCC3)c3ncnc(N)c23)n1. The van der Waals surface area contributed by atoms with Crippen LogP contribution in [-0.2, 0) is 6.42 Å². The number of fused-ring (bicyclic) bond motifs is 1. The van der Waals surface area contributed by atoms with Gasteiger partial charge in [0, 0.05) is 12.5 Å². The molecule has 0 spiro atoms. The molecule has 0 unspecified atom stereocenters. The van der Waals surface area contributed by atoms with Gasteiger partial charge >= 0.3 is 0 Å². The molecule has 4 rings (SSSR count). The standard InChI is InChI=1S/C17H20N6O/c1-24-14-8-4-5-11(21-14)9-13-15-16(18)19-10-20-17(15)23(22-13)12-6-2-3-7-12/h4-5,8,10,12H,2-3,6-7,9H2,1H3,(H2,18,19,20). The van der Waals surface area contributed by atoms with Crippen molar-refractivity contribution in [2.75, 3.05) is 12.8 Å². The molecule has 24 heavy (non-hydrogen) atoms. The molecular formula is C17H20N6O. The van der Waals surface area contributed by atoms with Gasteiger partial charge in [0.05, 0.1) is 29.9 Å². The fourth-order valence-corrected chi connectivity index (χ4v) is 3.44. The molecule has 0 radical (unpaired) electrons. The maximum atomic E-state index is 6.13. The first kappa shape index (κ1) is 14.9. The van der Waals surface area contributed by atoms with E-state index in [1.807, 2.05) is 22.9 Å². The lowest BCUT2D eigenvalue weighted by molar-refractivity contribution is 0.396. The first-order chi connectivity index (χ1) is 11.8. The number of ether oxygens (including phenoxy) is 1. The maximum Gasteiger partial charge on any atom is 0.213 e. The van der Waals surface area contributed by atoms with Gasteiger partial charge in [-0.1, -0.05) is 18.9 Å². The number of pyridine rings is 1. The lowest BCUT2D eigenvalue weighted by Gasteiger charge is -2.10. The number of hydrogen-bond donors (Lipinski definition) is 1. The molecule has 3 heterocycles. The fraction of sp³-hybridized carbons (Fsp3) is 0.412. The summed E-state index contributed by atoms with van der Waals surface area (Å²) in [5.74, 6) is 1.07. The molecule has 0 aliphatic heterocycles. The summed E-state index contributed by atoms with van der Waals surface area (Å²) in [5.41, 5.74) is 8.71. The van der Waals surface area contributed by atoms with Crippen LogP contribution in [0.2, 0.25) is 0 Å². The Bertz CT molecular complexity index is 869. The van der Waals surface area contributed by atoms with Gasteiger partial charge in [-0.3, -0.25) is 0 Å². The average Bonchev–Trinajstić information content (AvgIpc) is 3.24. The predicted octanol–water partition coefficient (Wildman–Crippen LogP) is 2.52. The third kappa shape index (κ3) is 2.55. The van der Waals surface area contributed by atoms with E-state index in [-0.39, 0.29) is 0 Å². The van der Waals surface area contributed by atoms with Crippen molar-refractivity contribution in [2.45, 2.75) is 38.1 Å². The zero-order chi connectivity index (χ0) is 16.5. The lowest BCUT2D eigenvalue weighted by atomic mass is 10.1. The number of methoxy groups -OCH3 is 1. The molecule has 1 aliphatic carbocycles. The smallest absolute Gasteiger partial charge is 0.213 e. The molecule has 0 bridgehead atoms. The third-order valence-corrected chi connectivity index (χ3v) is 4.60. The highest BCUT2D eigenvalue weighted by Gasteiger charge is 2.24. The van der Waals surface area contributed by atoms with Crippen LogP contribution in [0.1, 0.15) is 43.1 Å². The Balaban J connectivity index is 1.79. The molecule has 1 saturated carbocycles. The molecule has 0 saturated heterocycles. The average molecular weight is 324 g/mol. The van der Waals surface area contributed by atoms with Crippen LogP contribution in [0, 0.1) is 0 Å². The Hall–Kier alpha value is -2.70. The Morgan fingerprint density at radius 1 is 1.25 bits per heavy atom. The van der Waals surface area contributed by atoms with Gasteiger partial charge in [-0.25, -0.2) is 19.6 Å². The second-order valence-electron chi connectivity index (χ2n) is 6.14. The minimum Gasteiger partial charge on any atom is -0.481 e. The van der Waals surface area contributed by atoms with E-state index in [1.165, 1.54) is 19.2 Å². The van der Waals surface area contributed by atoms with Crippen molar-refractivity contribution in [1.82, 2.24) is 24.7 Å². The van der Waals surface area contributed by atoms with E-state index >= 15 is 0 Å². The molecule has 0 aromatic carbocycles. The summed E-state index contributed by atoms with van der Waals surface area (Å²) in [6, 6.07) is 6.12. The molecule has 0 atom stereocenters. The largest absolute Gasteiger partial charge is 0.481 e. The van der Waals surface area contributed by atoms with E-state index < -0.39 is 0 Å². The van der Waals surface area contributed by atoms with Crippen LogP contribution in [0.15, 0.2) is 24.5 Å². The van der Waals surface area contributed by atoms with Gasteiger partial charge in [0.15, 0.2) is 5.65 Å². The Labute approximate surface area is 139 Å². The van der Waals surface area contributed by atoms with Crippen LogP contribution < -0.4 is 10.5 Å². The van der Waals surface area contributed by atoms with Gasteiger partial charge in [-0.15, -0.1) is 0 Å². The monoisotopic (exact) mass is 324 g/mol. The molecule has 1 aliphatic rings. The van der Waals surface area contributed by atoms with Gasteiger partial charge in [-0.2, -0.15) is 5.10 Å². The zero-order valence-corrected chi connectivity index (χ0v) is 13.6. The van der Waals surface area contributed by atoms with Crippen molar-refractivity contribution < 1.29 is 4.74 Å². The topological polar surface area (TPSA) is 91.7 Å². The Morgan fingerprint density at radius 2 is 2.08 bits per heavy atom. The quantitative estimate of drug-likeness (QED) is 0.793. The molecule has 124 valence electrons. The normalized spacial score (nSPS) is 15.2. The van der Waals surface area contributed by atoms with Crippen molar-refractivity contribution in [3.63, 3.8) is 0 Å². The predicted molar refractivity (Wildman–Crippen MR) is 90.8 cm³/mol. The zero-order valence-electron chi connectivity index (χ0n) is 13.6. The summed E-state index contributed by atoms with van der Waals surface area (Å²) >= 11 is 0. The second kappa shape index (κ2) is 6.07. The summed E-state index contributed by atoms with van der Waals surface area (Å²) in [4.78, 5) is 13.1. The van der Waals surface area contributed by atoms with Crippen LogP contribution in [0.25, 0.3) is 11.0 Å². The van der Waals surface area contributed by atoms with Gasteiger partial charge in [0.1, 0.15) is 12.1 Å². The minimum absolute atomic E-state index is 0.397. The van der Waals surface area contributed by atoms with Gasteiger partial charge in [-0.05, 0) is 18.9 Å². The molecule has 7 heteroatoms. The first-order valence-electron chi connectivity index (χ1n) is 8.23. The van der Waals surface area contributed by atoms with Crippen molar-refractivity contribution in [3.8, 4) is 5.88 Å². The molecule has 7 nitrogen and oxygen atoms in total. The number of nitrogens with zero attached hydrogens (tertiary/aromatic N) is 5. The maximum absolute atomic E-state index is 6.13. The minimum atomic E-state index is 0.397. The Kier molecular flexibility index (Phi) is 3.76. The number of nitrogens with two attached hydrogens (primary N) is 1.